The molecule has 1 aromatic carbocycles. The maximum Gasteiger partial charge on any atom is 0.225 e. The van der Waals surface area contributed by atoms with Gasteiger partial charge in [-0.15, -0.1) is 0 Å². The van der Waals surface area contributed by atoms with Crippen molar-refractivity contribution in [1.82, 2.24) is 14.7 Å². The van der Waals surface area contributed by atoms with Gasteiger partial charge in [-0.25, -0.2) is 4.68 Å². The molecular weight excluding hydrogens is 400 g/mol. The van der Waals surface area contributed by atoms with E-state index in [-0.39, 0.29) is 12.1 Å². The first-order valence-corrected chi connectivity index (χ1v) is 12.5. The summed E-state index contributed by atoms with van der Waals surface area (Å²) in [6, 6.07) is 8.80. The van der Waals surface area contributed by atoms with Gasteiger partial charge in [0, 0.05) is 61.6 Å². The summed E-state index contributed by atoms with van der Waals surface area (Å²) in [4.78, 5) is 17.4. The lowest BCUT2D eigenvalue weighted by atomic mass is 9.63. The van der Waals surface area contributed by atoms with Crippen molar-refractivity contribution in [1.29, 1.82) is 0 Å². The Labute approximate surface area is 190 Å². The van der Waals surface area contributed by atoms with Crippen molar-refractivity contribution < 1.29 is 9.53 Å². The highest BCUT2D eigenvalue weighted by Gasteiger charge is 2.49. The number of hydrogen-bond donors (Lipinski definition) is 0. The van der Waals surface area contributed by atoms with Crippen LogP contribution < -0.4 is 4.90 Å². The van der Waals surface area contributed by atoms with Crippen LogP contribution >= 0.6 is 0 Å². The molecule has 0 N–H and O–H groups in total. The summed E-state index contributed by atoms with van der Waals surface area (Å²) in [6.45, 7) is 4.81. The number of aromatic nitrogens is 2. The van der Waals surface area contributed by atoms with Crippen LogP contribution in [-0.4, -0.2) is 53.4 Å². The maximum absolute atomic E-state index is 12.9. The van der Waals surface area contributed by atoms with Crippen LogP contribution in [0.4, 0.5) is 5.69 Å². The summed E-state index contributed by atoms with van der Waals surface area (Å²) in [5.41, 5.74) is 4.09. The van der Waals surface area contributed by atoms with Gasteiger partial charge in [0.2, 0.25) is 5.91 Å². The number of amides is 1. The second-order valence-electron chi connectivity index (χ2n) is 10.4. The first kappa shape index (κ1) is 20.3. The summed E-state index contributed by atoms with van der Waals surface area (Å²) in [6.07, 6.45) is 13.5. The van der Waals surface area contributed by atoms with E-state index in [1.165, 1.54) is 36.9 Å². The number of carbonyl (C=O) groups excluding carboxylic acids is 1. The van der Waals surface area contributed by atoms with E-state index in [4.69, 9.17) is 4.74 Å². The Hall–Kier alpha value is -2.34. The highest BCUT2D eigenvalue weighted by Crippen LogP contribution is 2.48. The fourth-order valence-electron chi connectivity index (χ4n) is 6.00. The smallest absolute Gasteiger partial charge is 0.225 e. The van der Waals surface area contributed by atoms with Crippen LogP contribution in [0, 0.1) is 11.3 Å². The van der Waals surface area contributed by atoms with E-state index in [2.05, 4.69) is 45.4 Å². The predicted octanol–water partition coefficient (Wildman–Crippen LogP) is 4.48. The number of ether oxygens (including phenoxy) is 1. The van der Waals surface area contributed by atoms with Gasteiger partial charge in [-0.2, -0.15) is 5.10 Å². The van der Waals surface area contributed by atoms with Gasteiger partial charge in [-0.05, 0) is 62.6 Å². The van der Waals surface area contributed by atoms with Crippen LogP contribution in [0.25, 0.3) is 11.1 Å². The highest BCUT2D eigenvalue weighted by molar-refractivity contribution is 5.80. The van der Waals surface area contributed by atoms with Crippen molar-refractivity contribution in [2.75, 3.05) is 37.7 Å². The van der Waals surface area contributed by atoms with Gasteiger partial charge in [-0.3, -0.25) is 4.79 Å². The number of benzene rings is 1. The lowest BCUT2D eigenvalue weighted by molar-refractivity contribution is -0.154. The lowest BCUT2D eigenvalue weighted by Crippen LogP contribution is -2.62. The Bertz CT molecular complexity index is 942. The highest BCUT2D eigenvalue weighted by atomic mass is 16.5. The lowest BCUT2D eigenvalue weighted by Gasteiger charge is -2.56. The molecule has 170 valence electrons. The van der Waals surface area contributed by atoms with Gasteiger partial charge < -0.3 is 14.5 Å². The topological polar surface area (TPSA) is 50.6 Å². The third-order valence-corrected chi connectivity index (χ3v) is 8.24. The van der Waals surface area contributed by atoms with Crippen molar-refractivity contribution in [3.05, 3.63) is 36.7 Å². The van der Waals surface area contributed by atoms with E-state index in [0.717, 1.165) is 64.0 Å². The predicted molar refractivity (Wildman–Crippen MR) is 124 cm³/mol. The molecule has 1 spiro atoms. The summed E-state index contributed by atoms with van der Waals surface area (Å²) in [5.74, 6) is 0.632. The molecular formula is C26H34N4O2. The van der Waals surface area contributed by atoms with Crippen LogP contribution in [-0.2, 0) is 9.53 Å². The minimum atomic E-state index is 0.0799. The molecule has 3 aliphatic heterocycles. The molecule has 1 saturated carbocycles. The first-order valence-electron chi connectivity index (χ1n) is 12.5. The molecule has 2 aromatic rings. The average Bonchev–Trinajstić information content (AvgIpc) is 3.28. The van der Waals surface area contributed by atoms with E-state index < -0.39 is 0 Å². The molecule has 6 heteroatoms. The van der Waals surface area contributed by atoms with Crippen LogP contribution in [0.3, 0.4) is 0 Å². The Morgan fingerprint density at radius 2 is 1.75 bits per heavy atom. The van der Waals surface area contributed by atoms with Crippen molar-refractivity contribution >= 4 is 11.6 Å². The number of piperidine rings is 1. The van der Waals surface area contributed by atoms with Gasteiger partial charge in [0.1, 0.15) is 6.23 Å². The van der Waals surface area contributed by atoms with Crippen LogP contribution in [0.1, 0.15) is 57.6 Å². The SMILES string of the molecule is O=C(C1CCN(c2ccc(-c3cnn(C4CCCCO4)c3)cc2)CC1)N1CC2(CCC2)C1. The molecule has 0 bridgehead atoms. The summed E-state index contributed by atoms with van der Waals surface area (Å²) < 4.78 is 7.82. The number of likely N-dealkylation sites (tertiary alicyclic amines) is 1. The number of anilines is 1. The average molecular weight is 435 g/mol. The normalized spacial score (nSPS) is 25.4. The number of rotatable bonds is 4. The van der Waals surface area contributed by atoms with Crippen LogP contribution in [0.5, 0.6) is 0 Å². The zero-order valence-electron chi connectivity index (χ0n) is 18.9. The molecule has 4 aliphatic rings. The second kappa shape index (κ2) is 8.22. The zero-order valence-corrected chi connectivity index (χ0v) is 18.9. The van der Waals surface area contributed by atoms with E-state index in [9.17, 15) is 4.79 Å². The molecule has 32 heavy (non-hydrogen) atoms. The van der Waals surface area contributed by atoms with Crippen molar-refractivity contribution in [2.45, 2.75) is 57.6 Å². The summed E-state index contributed by atoms with van der Waals surface area (Å²) >= 11 is 0. The molecule has 6 nitrogen and oxygen atoms in total. The molecule has 1 aliphatic carbocycles. The van der Waals surface area contributed by atoms with Gasteiger partial charge >= 0.3 is 0 Å². The maximum atomic E-state index is 12.9. The van der Waals surface area contributed by atoms with Gasteiger partial charge in [0.25, 0.3) is 0 Å². The standard InChI is InChI=1S/C26H34N4O2/c31-25(29-18-26(19-29)11-3-12-26)21-9-13-28(14-10-21)23-7-5-20(6-8-23)22-16-27-30(17-22)24-4-1-2-15-32-24/h5-8,16-17,21,24H,1-4,9-15,18-19H2. The van der Waals surface area contributed by atoms with Crippen molar-refractivity contribution in [2.24, 2.45) is 11.3 Å². The number of hydrogen-bond acceptors (Lipinski definition) is 4. The monoisotopic (exact) mass is 434 g/mol. The molecule has 1 aromatic heterocycles. The second-order valence-corrected chi connectivity index (χ2v) is 10.4. The molecule has 4 heterocycles. The van der Waals surface area contributed by atoms with E-state index in [1.807, 2.05) is 10.9 Å². The molecule has 1 atom stereocenters. The molecule has 0 radical (unpaired) electrons. The third kappa shape index (κ3) is 3.72. The van der Waals surface area contributed by atoms with Crippen molar-refractivity contribution in [3.63, 3.8) is 0 Å². The Kier molecular flexibility index (Phi) is 5.21. The van der Waals surface area contributed by atoms with Gasteiger partial charge in [0.05, 0.1) is 6.20 Å². The van der Waals surface area contributed by atoms with Crippen molar-refractivity contribution in [3.8, 4) is 11.1 Å². The fraction of sp³-hybridized carbons (Fsp3) is 0.615. The van der Waals surface area contributed by atoms with E-state index >= 15 is 0 Å². The minimum absolute atomic E-state index is 0.0799. The molecule has 1 amide bonds. The molecule has 6 rings (SSSR count). The molecule has 3 saturated heterocycles. The Morgan fingerprint density at radius 3 is 2.41 bits per heavy atom. The van der Waals surface area contributed by atoms with E-state index in [0.29, 0.717) is 11.3 Å². The molecule has 4 fully saturated rings. The van der Waals surface area contributed by atoms with E-state index in [1.54, 1.807) is 0 Å². The summed E-state index contributed by atoms with van der Waals surface area (Å²) in [7, 11) is 0. The van der Waals surface area contributed by atoms with Gasteiger partial charge in [0.15, 0.2) is 0 Å². The quantitative estimate of drug-likeness (QED) is 0.712. The fourth-order valence-corrected chi connectivity index (χ4v) is 6.00. The number of carbonyl (C=O) groups is 1. The largest absolute Gasteiger partial charge is 0.371 e. The van der Waals surface area contributed by atoms with Gasteiger partial charge in [-0.1, -0.05) is 18.6 Å². The Morgan fingerprint density at radius 1 is 0.969 bits per heavy atom. The van der Waals surface area contributed by atoms with Crippen LogP contribution in [0.15, 0.2) is 36.7 Å². The molecule has 1 unspecified atom stereocenters. The Balaban J connectivity index is 1.03. The third-order valence-electron chi connectivity index (χ3n) is 8.24. The first-order chi connectivity index (χ1) is 15.7. The minimum Gasteiger partial charge on any atom is -0.371 e. The van der Waals surface area contributed by atoms with Crippen LogP contribution in [0.2, 0.25) is 0 Å². The zero-order chi connectivity index (χ0) is 21.5. The number of nitrogens with zero attached hydrogens (tertiary/aromatic N) is 4. The summed E-state index contributed by atoms with van der Waals surface area (Å²) in [5, 5.41) is 4.54.